The Kier molecular flexibility index (Phi) is 4.45. The largest absolute Gasteiger partial charge is 0.334 e. The van der Waals surface area contributed by atoms with Gasteiger partial charge >= 0.3 is 0 Å². The van der Waals surface area contributed by atoms with E-state index in [4.69, 9.17) is 0 Å². The Hall–Kier alpha value is -0.830. The number of rotatable bonds is 7. The minimum Gasteiger partial charge on any atom is -0.334 e. The molecule has 1 aromatic heterocycles. The summed E-state index contributed by atoms with van der Waals surface area (Å²) in [7, 11) is 0. The second-order valence-corrected chi connectivity index (χ2v) is 6.76. The Labute approximate surface area is 123 Å². The Bertz CT molecular complexity index is 426. The highest BCUT2D eigenvalue weighted by molar-refractivity contribution is 5.02. The van der Waals surface area contributed by atoms with E-state index in [0.717, 1.165) is 30.8 Å². The first-order valence-corrected chi connectivity index (χ1v) is 8.56. The van der Waals surface area contributed by atoms with Gasteiger partial charge in [0.15, 0.2) is 0 Å². The number of imidazole rings is 1. The molecular formula is C17H29N3. The molecule has 0 aliphatic heterocycles. The van der Waals surface area contributed by atoms with Crippen LogP contribution in [0, 0.1) is 17.8 Å². The predicted octanol–water partition coefficient (Wildman–Crippen LogP) is 3.77. The number of hydrogen-bond donors (Lipinski definition) is 1. The molecule has 112 valence electrons. The lowest BCUT2D eigenvalue weighted by molar-refractivity contribution is 0.273. The van der Waals surface area contributed by atoms with Crippen LogP contribution >= 0.6 is 0 Å². The molecule has 3 rings (SSSR count). The Balaban J connectivity index is 1.70. The summed E-state index contributed by atoms with van der Waals surface area (Å²) in [4.78, 5) is 4.66. The third-order valence-electron chi connectivity index (χ3n) is 5.40. The monoisotopic (exact) mass is 275 g/mol. The Morgan fingerprint density at radius 1 is 1.35 bits per heavy atom. The molecule has 2 aliphatic rings. The maximum atomic E-state index is 4.66. The second kappa shape index (κ2) is 6.30. The van der Waals surface area contributed by atoms with Gasteiger partial charge in [-0.1, -0.05) is 20.3 Å². The molecule has 0 spiro atoms. The zero-order chi connectivity index (χ0) is 13.9. The van der Waals surface area contributed by atoms with Crippen LogP contribution in [0.4, 0.5) is 0 Å². The van der Waals surface area contributed by atoms with E-state index >= 15 is 0 Å². The van der Waals surface area contributed by atoms with Crippen LogP contribution in [0.15, 0.2) is 12.4 Å². The second-order valence-electron chi connectivity index (χ2n) is 6.76. The molecule has 2 bridgehead atoms. The number of nitrogens with one attached hydrogen (secondary N) is 1. The van der Waals surface area contributed by atoms with Crippen molar-refractivity contribution in [2.24, 2.45) is 17.8 Å². The first kappa shape index (κ1) is 14.1. The van der Waals surface area contributed by atoms with Gasteiger partial charge in [-0.2, -0.15) is 0 Å². The van der Waals surface area contributed by atoms with E-state index in [0.29, 0.717) is 6.04 Å². The molecule has 1 aromatic rings. The molecule has 0 saturated heterocycles. The van der Waals surface area contributed by atoms with E-state index in [-0.39, 0.29) is 0 Å². The third kappa shape index (κ3) is 2.78. The van der Waals surface area contributed by atoms with Crippen LogP contribution in [0.3, 0.4) is 0 Å². The molecule has 2 saturated carbocycles. The predicted molar refractivity (Wildman–Crippen MR) is 82.5 cm³/mol. The summed E-state index contributed by atoms with van der Waals surface area (Å²) in [5.74, 6) is 4.25. The van der Waals surface area contributed by atoms with E-state index in [1.807, 2.05) is 6.20 Å². The van der Waals surface area contributed by atoms with Gasteiger partial charge in [0.25, 0.3) is 0 Å². The van der Waals surface area contributed by atoms with Crippen LogP contribution in [0.1, 0.15) is 64.2 Å². The Morgan fingerprint density at radius 3 is 2.90 bits per heavy atom. The number of aryl methyl sites for hydroxylation is 1. The number of aromatic nitrogens is 2. The SMILES string of the molecule is CCCn1ccnc1C(CC1CC2CCC1C2)NCC. The van der Waals surface area contributed by atoms with Crippen LogP contribution in [0.25, 0.3) is 0 Å². The zero-order valence-electron chi connectivity index (χ0n) is 13.0. The van der Waals surface area contributed by atoms with Gasteiger partial charge in [-0.25, -0.2) is 4.98 Å². The van der Waals surface area contributed by atoms with Gasteiger partial charge in [0.1, 0.15) is 5.82 Å². The minimum absolute atomic E-state index is 0.450. The van der Waals surface area contributed by atoms with Crippen molar-refractivity contribution in [3.05, 3.63) is 18.2 Å². The average molecular weight is 275 g/mol. The van der Waals surface area contributed by atoms with Crippen molar-refractivity contribution in [2.75, 3.05) is 6.54 Å². The normalized spacial score (nSPS) is 30.0. The van der Waals surface area contributed by atoms with Gasteiger partial charge in [0.05, 0.1) is 6.04 Å². The van der Waals surface area contributed by atoms with E-state index < -0.39 is 0 Å². The summed E-state index contributed by atoms with van der Waals surface area (Å²) in [5.41, 5.74) is 0. The van der Waals surface area contributed by atoms with Gasteiger partial charge < -0.3 is 9.88 Å². The highest BCUT2D eigenvalue weighted by Gasteiger charge is 2.40. The molecule has 0 aromatic carbocycles. The van der Waals surface area contributed by atoms with Gasteiger partial charge in [0.2, 0.25) is 0 Å². The van der Waals surface area contributed by atoms with Crippen molar-refractivity contribution >= 4 is 0 Å². The highest BCUT2D eigenvalue weighted by Crippen LogP contribution is 2.50. The van der Waals surface area contributed by atoms with Crippen LogP contribution in [0.5, 0.6) is 0 Å². The van der Waals surface area contributed by atoms with Gasteiger partial charge in [-0.15, -0.1) is 0 Å². The maximum Gasteiger partial charge on any atom is 0.125 e. The third-order valence-corrected chi connectivity index (χ3v) is 5.40. The molecule has 2 aliphatic carbocycles. The van der Waals surface area contributed by atoms with Crippen molar-refractivity contribution in [3.63, 3.8) is 0 Å². The summed E-state index contributed by atoms with van der Waals surface area (Å²) in [6.45, 7) is 6.57. The maximum absolute atomic E-state index is 4.66. The van der Waals surface area contributed by atoms with Crippen molar-refractivity contribution < 1.29 is 0 Å². The van der Waals surface area contributed by atoms with Crippen LogP contribution < -0.4 is 5.32 Å². The first-order valence-electron chi connectivity index (χ1n) is 8.56. The van der Waals surface area contributed by atoms with Crippen molar-refractivity contribution in [3.8, 4) is 0 Å². The van der Waals surface area contributed by atoms with Gasteiger partial charge in [0, 0.05) is 18.9 Å². The van der Waals surface area contributed by atoms with E-state index in [9.17, 15) is 0 Å². The molecule has 1 N–H and O–H groups in total. The topological polar surface area (TPSA) is 29.9 Å². The van der Waals surface area contributed by atoms with Crippen molar-refractivity contribution in [1.29, 1.82) is 0 Å². The lowest BCUT2D eigenvalue weighted by Gasteiger charge is -2.27. The van der Waals surface area contributed by atoms with Crippen LogP contribution in [0.2, 0.25) is 0 Å². The molecule has 1 heterocycles. The van der Waals surface area contributed by atoms with Crippen LogP contribution in [-0.2, 0) is 6.54 Å². The number of hydrogen-bond acceptors (Lipinski definition) is 2. The fourth-order valence-electron chi connectivity index (χ4n) is 4.56. The first-order chi connectivity index (χ1) is 9.81. The molecular weight excluding hydrogens is 246 g/mol. The lowest BCUT2D eigenvalue weighted by Crippen LogP contribution is -2.28. The Morgan fingerprint density at radius 2 is 2.25 bits per heavy atom. The molecule has 4 unspecified atom stereocenters. The smallest absolute Gasteiger partial charge is 0.125 e. The van der Waals surface area contributed by atoms with Crippen molar-refractivity contribution in [2.45, 2.75) is 65.0 Å². The zero-order valence-corrected chi connectivity index (χ0v) is 13.0. The summed E-state index contributed by atoms with van der Waals surface area (Å²) >= 11 is 0. The molecule has 3 heteroatoms. The summed E-state index contributed by atoms with van der Waals surface area (Å²) in [6.07, 6.45) is 12.5. The fourth-order valence-corrected chi connectivity index (χ4v) is 4.56. The minimum atomic E-state index is 0.450. The number of fused-ring (bicyclic) bond motifs is 2. The number of nitrogens with zero attached hydrogens (tertiary/aromatic N) is 2. The lowest BCUT2D eigenvalue weighted by atomic mass is 9.84. The fraction of sp³-hybridized carbons (Fsp3) is 0.824. The summed E-state index contributed by atoms with van der Waals surface area (Å²) < 4.78 is 2.35. The van der Waals surface area contributed by atoms with E-state index in [1.165, 1.54) is 44.3 Å². The summed E-state index contributed by atoms with van der Waals surface area (Å²) in [6, 6.07) is 0.450. The van der Waals surface area contributed by atoms with Crippen molar-refractivity contribution in [1.82, 2.24) is 14.9 Å². The molecule has 0 radical (unpaired) electrons. The van der Waals surface area contributed by atoms with Gasteiger partial charge in [-0.05, 0) is 56.4 Å². The average Bonchev–Trinajstić information content (AvgIpc) is 3.14. The molecule has 0 amide bonds. The standard InChI is InChI=1S/C17H29N3/c1-3-8-20-9-7-19-17(20)16(18-4-2)12-15-11-13-5-6-14(15)10-13/h7,9,13-16,18H,3-6,8,10-12H2,1-2H3. The highest BCUT2D eigenvalue weighted by atomic mass is 15.1. The quantitative estimate of drug-likeness (QED) is 0.821. The molecule has 2 fully saturated rings. The van der Waals surface area contributed by atoms with E-state index in [2.05, 4.69) is 34.9 Å². The molecule has 20 heavy (non-hydrogen) atoms. The van der Waals surface area contributed by atoms with Crippen LogP contribution in [-0.4, -0.2) is 16.1 Å². The molecule has 4 atom stereocenters. The van der Waals surface area contributed by atoms with E-state index in [1.54, 1.807) is 0 Å². The molecule has 3 nitrogen and oxygen atoms in total. The van der Waals surface area contributed by atoms with Gasteiger partial charge in [-0.3, -0.25) is 0 Å². The summed E-state index contributed by atoms with van der Waals surface area (Å²) in [5, 5.41) is 3.69.